The van der Waals surface area contributed by atoms with Crippen LogP contribution >= 0.6 is 11.3 Å². The zero-order chi connectivity index (χ0) is 26.5. The Labute approximate surface area is 206 Å². The van der Waals surface area contributed by atoms with Crippen molar-refractivity contribution in [3.8, 4) is 26.7 Å². The van der Waals surface area contributed by atoms with Gasteiger partial charge in [-0.15, -0.1) is 11.3 Å². The van der Waals surface area contributed by atoms with Crippen molar-refractivity contribution < 1.29 is 34.8 Å². The van der Waals surface area contributed by atoms with Gasteiger partial charge in [0.25, 0.3) is 0 Å². The van der Waals surface area contributed by atoms with Gasteiger partial charge in [-0.3, -0.25) is 0 Å². The number of halogens is 6. The summed E-state index contributed by atoms with van der Waals surface area (Å²) in [4.78, 5) is 4.81. The Morgan fingerprint density at radius 1 is 0.944 bits per heavy atom. The van der Waals surface area contributed by atoms with E-state index in [2.05, 4.69) is 10.1 Å². The summed E-state index contributed by atoms with van der Waals surface area (Å²) in [6.45, 7) is 3.07. The van der Waals surface area contributed by atoms with Crippen molar-refractivity contribution >= 4 is 21.2 Å². The molecule has 0 amide bonds. The number of para-hydroxylation sites is 1. The lowest BCUT2D eigenvalue weighted by molar-refractivity contribution is -0.141. The van der Waals surface area contributed by atoms with E-state index in [1.165, 1.54) is 25.3 Å². The second kappa shape index (κ2) is 9.04. The molecule has 0 atom stereocenters. The van der Waals surface area contributed by atoms with Crippen LogP contribution in [0, 0.1) is 6.92 Å². The summed E-state index contributed by atoms with van der Waals surface area (Å²) in [6, 6.07) is 9.57. The van der Waals surface area contributed by atoms with Gasteiger partial charge in [0.1, 0.15) is 0 Å². The van der Waals surface area contributed by atoms with Crippen molar-refractivity contribution in [1.29, 1.82) is 0 Å². The third kappa shape index (κ3) is 4.89. The number of benzene rings is 1. The molecule has 3 aromatic heterocycles. The van der Waals surface area contributed by atoms with E-state index in [-0.39, 0.29) is 21.3 Å². The fourth-order valence-electron chi connectivity index (χ4n) is 3.57. The zero-order valence-corrected chi connectivity index (χ0v) is 20.3. The lowest BCUT2D eigenvalue weighted by Gasteiger charge is -2.14. The summed E-state index contributed by atoms with van der Waals surface area (Å²) in [5.41, 5.74) is -2.28. The van der Waals surface area contributed by atoms with Crippen molar-refractivity contribution in [3.63, 3.8) is 0 Å². The van der Waals surface area contributed by atoms with Gasteiger partial charge in [0.15, 0.2) is 20.6 Å². The molecule has 4 rings (SSSR count). The maximum absolute atomic E-state index is 13.6. The summed E-state index contributed by atoms with van der Waals surface area (Å²) in [6.07, 6.45) is -8.36. The monoisotopic (exact) mass is 545 g/mol. The summed E-state index contributed by atoms with van der Waals surface area (Å²) in [5, 5.41) is 3.40. The molecule has 0 saturated carbocycles. The van der Waals surface area contributed by atoms with Crippen LogP contribution in [0.15, 0.2) is 59.8 Å². The SMILES string of the molecule is CCS(=O)(=O)c1ncc(-c2ccc(-c3cc(C(F)(F)F)nn3-c3ccccc3C(F)(F)F)s2)cc1C. The van der Waals surface area contributed by atoms with Gasteiger partial charge in [-0.1, -0.05) is 19.1 Å². The Morgan fingerprint density at radius 2 is 1.61 bits per heavy atom. The maximum atomic E-state index is 13.6. The Bertz CT molecular complexity index is 1540. The molecule has 13 heteroatoms. The predicted molar refractivity (Wildman–Crippen MR) is 123 cm³/mol. The molecule has 0 saturated heterocycles. The lowest BCUT2D eigenvalue weighted by Crippen LogP contribution is -2.13. The minimum absolute atomic E-state index is 0.0674. The maximum Gasteiger partial charge on any atom is 0.435 e. The molecule has 0 radical (unpaired) electrons. The van der Waals surface area contributed by atoms with Crippen LogP contribution in [0.1, 0.15) is 23.7 Å². The highest BCUT2D eigenvalue weighted by atomic mass is 32.2. The fraction of sp³-hybridized carbons (Fsp3) is 0.217. The van der Waals surface area contributed by atoms with E-state index < -0.39 is 39.1 Å². The smallest absolute Gasteiger partial charge is 0.244 e. The average molecular weight is 546 g/mol. The van der Waals surface area contributed by atoms with Crippen molar-refractivity contribution in [2.24, 2.45) is 0 Å². The molecule has 0 unspecified atom stereocenters. The van der Waals surface area contributed by atoms with Crippen molar-refractivity contribution in [2.45, 2.75) is 31.2 Å². The van der Waals surface area contributed by atoms with Crippen LogP contribution in [0.25, 0.3) is 26.7 Å². The molecule has 5 nitrogen and oxygen atoms in total. The van der Waals surface area contributed by atoms with Gasteiger partial charge >= 0.3 is 12.4 Å². The first-order valence-electron chi connectivity index (χ1n) is 10.4. The van der Waals surface area contributed by atoms with Crippen LogP contribution in [0.2, 0.25) is 0 Å². The normalized spacial score (nSPS) is 12.8. The van der Waals surface area contributed by atoms with Crippen molar-refractivity contribution in [2.75, 3.05) is 5.75 Å². The quantitative estimate of drug-likeness (QED) is 0.259. The van der Waals surface area contributed by atoms with Crippen molar-refractivity contribution in [1.82, 2.24) is 14.8 Å². The molecular weight excluding hydrogens is 528 g/mol. The highest BCUT2D eigenvalue weighted by Gasteiger charge is 2.38. The molecule has 4 aromatic rings. The summed E-state index contributed by atoms with van der Waals surface area (Å²) in [7, 11) is -3.55. The molecule has 36 heavy (non-hydrogen) atoms. The van der Waals surface area contributed by atoms with E-state index in [0.29, 0.717) is 26.8 Å². The predicted octanol–water partition coefficient (Wildman–Crippen LogP) is 6.80. The van der Waals surface area contributed by atoms with E-state index in [9.17, 15) is 34.8 Å². The van der Waals surface area contributed by atoms with Gasteiger partial charge in [-0.05, 0) is 48.9 Å². The van der Waals surface area contributed by atoms with Crippen LogP contribution in [-0.4, -0.2) is 28.9 Å². The number of aromatic nitrogens is 3. The molecule has 0 N–H and O–H groups in total. The molecule has 3 heterocycles. The Hall–Kier alpha value is -3.19. The van der Waals surface area contributed by atoms with Gasteiger partial charge in [-0.25, -0.2) is 18.1 Å². The number of thiophene rings is 1. The number of hydrogen-bond acceptors (Lipinski definition) is 5. The minimum atomic E-state index is -4.88. The molecule has 0 aliphatic heterocycles. The van der Waals surface area contributed by atoms with Gasteiger partial charge in [0.2, 0.25) is 0 Å². The molecule has 0 aliphatic carbocycles. The van der Waals surface area contributed by atoms with E-state index in [1.54, 1.807) is 19.1 Å². The van der Waals surface area contributed by atoms with E-state index >= 15 is 0 Å². The van der Waals surface area contributed by atoms with E-state index in [1.807, 2.05) is 0 Å². The second-order valence-electron chi connectivity index (χ2n) is 7.75. The number of pyridine rings is 1. The number of alkyl halides is 6. The average Bonchev–Trinajstić information content (AvgIpc) is 3.45. The number of nitrogens with zero attached hydrogens (tertiary/aromatic N) is 3. The lowest BCUT2D eigenvalue weighted by atomic mass is 10.1. The second-order valence-corrected chi connectivity index (χ2v) is 11.0. The van der Waals surface area contributed by atoms with Gasteiger partial charge in [-0.2, -0.15) is 31.4 Å². The first kappa shape index (κ1) is 25.9. The van der Waals surface area contributed by atoms with Gasteiger partial charge in [0.05, 0.1) is 27.6 Å². The topological polar surface area (TPSA) is 64.8 Å². The largest absolute Gasteiger partial charge is 0.435 e. The highest BCUT2D eigenvalue weighted by Crippen LogP contribution is 2.41. The van der Waals surface area contributed by atoms with Crippen molar-refractivity contribution in [3.05, 3.63) is 71.5 Å². The number of hydrogen-bond donors (Lipinski definition) is 0. The molecule has 0 fully saturated rings. The zero-order valence-electron chi connectivity index (χ0n) is 18.6. The highest BCUT2D eigenvalue weighted by molar-refractivity contribution is 7.91. The molecule has 190 valence electrons. The molecular formula is C23H17F6N3O2S2. The van der Waals surface area contributed by atoms with Gasteiger partial charge < -0.3 is 0 Å². The number of aryl methyl sites for hydroxylation is 1. The van der Waals surface area contributed by atoms with Crippen LogP contribution in [0.4, 0.5) is 26.3 Å². The van der Waals surface area contributed by atoms with Crippen LogP contribution < -0.4 is 0 Å². The van der Waals surface area contributed by atoms with Crippen LogP contribution in [-0.2, 0) is 22.2 Å². The third-order valence-corrected chi connectivity index (χ3v) is 8.22. The number of sulfone groups is 1. The van der Waals surface area contributed by atoms with Gasteiger partial charge in [0, 0.05) is 16.6 Å². The molecule has 0 bridgehead atoms. The Kier molecular flexibility index (Phi) is 6.50. The third-order valence-electron chi connectivity index (χ3n) is 5.29. The minimum Gasteiger partial charge on any atom is -0.244 e. The Balaban J connectivity index is 1.84. The molecule has 0 spiro atoms. The van der Waals surface area contributed by atoms with E-state index in [4.69, 9.17) is 0 Å². The fourth-order valence-corrected chi connectivity index (χ4v) is 5.59. The van der Waals surface area contributed by atoms with Crippen LogP contribution in [0.3, 0.4) is 0 Å². The van der Waals surface area contributed by atoms with E-state index in [0.717, 1.165) is 29.5 Å². The first-order chi connectivity index (χ1) is 16.7. The standard InChI is InChI=1S/C23H17F6N3O2S2/c1-3-36(33,34)21-13(2)10-14(12-30-21)18-8-9-19(35-18)17-11-20(23(27,28)29)31-32(17)16-7-5-4-6-15(16)22(24,25)26/h4-12H,3H2,1-2H3. The first-order valence-corrected chi connectivity index (χ1v) is 12.8. The molecule has 1 aromatic carbocycles. The summed E-state index contributed by atoms with van der Waals surface area (Å²) >= 11 is 1.01. The Morgan fingerprint density at radius 3 is 2.22 bits per heavy atom. The summed E-state index contributed by atoms with van der Waals surface area (Å²) in [5.74, 6) is -0.131. The molecule has 0 aliphatic rings. The number of rotatable bonds is 5. The summed E-state index contributed by atoms with van der Waals surface area (Å²) < 4.78 is 106. The van der Waals surface area contributed by atoms with Crippen LogP contribution in [0.5, 0.6) is 0 Å².